The Balaban J connectivity index is 1.67. The first-order chi connectivity index (χ1) is 15.7. The van der Waals surface area contributed by atoms with Crippen molar-refractivity contribution in [1.82, 2.24) is 4.98 Å². The number of rotatable bonds is 13. The summed E-state index contributed by atoms with van der Waals surface area (Å²) in [5.41, 5.74) is 3.92. The molecule has 176 valence electrons. The Morgan fingerprint density at radius 3 is 2.41 bits per heavy atom. The van der Waals surface area contributed by atoms with Crippen LogP contribution in [0, 0.1) is 11.8 Å². The smallest absolute Gasteiger partial charge is 0.127 e. The first-order valence-electron chi connectivity index (χ1n) is 13.4. The number of unbranched alkanes of at least 4 members (excludes halogenated alkanes) is 5. The summed E-state index contributed by atoms with van der Waals surface area (Å²) < 4.78 is 6.26. The van der Waals surface area contributed by atoms with Crippen LogP contribution in [0.1, 0.15) is 109 Å². The molecule has 2 aromatic rings. The van der Waals surface area contributed by atoms with E-state index in [1.807, 2.05) is 6.20 Å². The second-order valence-electron chi connectivity index (χ2n) is 9.93. The van der Waals surface area contributed by atoms with E-state index in [4.69, 9.17) is 4.74 Å². The van der Waals surface area contributed by atoms with Crippen molar-refractivity contribution in [3.63, 3.8) is 0 Å². The van der Waals surface area contributed by atoms with Crippen LogP contribution in [-0.4, -0.2) is 11.6 Å². The normalized spacial score (nSPS) is 19.6. The molecule has 3 rings (SSSR count). The van der Waals surface area contributed by atoms with Gasteiger partial charge in [0.1, 0.15) is 5.75 Å². The van der Waals surface area contributed by atoms with Crippen LogP contribution in [0.3, 0.4) is 0 Å². The zero-order valence-corrected chi connectivity index (χ0v) is 20.8. The number of pyridine rings is 1. The maximum Gasteiger partial charge on any atom is 0.127 e. The van der Waals surface area contributed by atoms with Gasteiger partial charge in [0.05, 0.1) is 6.61 Å². The van der Waals surface area contributed by atoms with Gasteiger partial charge in [0.15, 0.2) is 0 Å². The second kappa shape index (κ2) is 13.7. The molecule has 1 saturated carbocycles. The fourth-order valence-electron chi connectivity index (χ4n) is 5.45. The van der Waals surface area contributed by atoms with Gasteiger partial charge >= 0.3 is 0 Å². The van der Waals surface area contributed by atoms with E-state index in [0.29, 0.717) is 5.92 Å². The molecular weight excluding hydrogens is 390 g/mol. The lowest BCUT2D eigenvalue weighted by Gasteiger charge is -2.33. The number of aromatic nitrogens is 1. The number of benzene rings is 1. The van der Waals surface area contributed by atoms with Crippen molar-refractivity contribution in [2.24, 2.45) is 11.8 Å². The van der Waals surface area contributed by atoms with E-state index in [1.165, 1.54) is 87.3 Å². The molecule has 1 aromatic heterocycles. The molecule has 0 radical (unpaired) electrons. The number of hydrogen-bond donors (Lipinski definition) is 0. The van der Waals surface area contributed by atoms with Crippen molar-refractivity contribution >= 4 is 0 Å². The van der Waals surface area contributed by atoms with Gasteiger partial charge in [0, 0.05) is 18.0 Å². The monoisotopic (exact) mass is 435 g/mol. The van der Waals surface area contributed by atoms with Crippen LogP contribution in [0.25, 0.3) is 11.1 Å². The van der Waals surface area contributed by atoms with Crippen LogP contribution < -0.4 is 4.74 Å². The van der Waals surface area contributed by atoms with Gasteiger partial charge in [-0.3, -0.25) is 4.98 Å². The van der Waals surface area contributed by atoms with Gasteiger partial charge in [-0.05, 0) is 60.3 Å². The third-order valence-electron chi connectivity index (χ3n) is 7.59. The first kappa shape index (κ1) is 24.8. The van der Waals surface area contributed by atoms with Crippen molar-refractivity contribution in [2.45, 2.75) is 104 Å². The zero-order chi connectivity index (χ0) is 22.6. The molecule has 1 heterocycles. The van der Waals surface area contributed by atoms with Crippen LogP contribution in [0.2, 0.25) is 0 Å². The highest BCUT2D eigenvalue weighted by Crippen LogP contribution is 2.43. The predicted molar refractivity (Wildman–Crippen MR) is 137 cm³/mol. The molecule has 1 aliphatic rings. The lowest BCUT2D eigenvalue weighted by molar-refractivity contribution is 0.236. The van der Waals surface area contributed by atoms with E-state index in [-0.39, 0.29) is 0 Å². The van der Waals surface area contributed by atoms with Crippen molar-refractivity contribution in [3.8, 4) is 16.9 Å². The molecule has 0 bridgehead atoms. The highest BCUT2D eigenvalue weighted by Gasteiger charge is 2.27. The van der Waals surface area contributed by atoms with Crippen LogP contribution in [0.4, 0.5) is 0 Å². The topological polar surface area (TPSA) is 22.1 Å². The van der Waals surface area contributed by atoms with E-state index in [1.54, 1.807) is 0 Å². The summed E-state index contributed by atoms with van der Waals surface area (Å²) in [6, 6.07) is 10.8. The fraction of sp³-hybridized carbons (Fsp3) is 0.633. The van der Waals surface area contributed by atoms with E-state index >= 15 is 0 Å². The third kappa shape index (κ3) is 7.09. The number of para-hydroxylation sites is 1. The van der Waals surface area contributed by atoms with Crippen molar-refractivity contribution < 1.29 is 4.74 Å². The minimum Gasteiger partial charge on any atom is -0.493 e. The SMILES string of the molecule is CCCCCCOc1ccccc1-c1ccncc1C(C)C1CCC(CCCCC)CC1. The summed E-state index contributed by atoms with van der Waals surface area (Å²) in [6.45, 7) is 7.78. The number of ether oxygens (including phenoxy) is 1. The standard InChI is InChI=1S/C30H45NO/c1-4-6-8-12-22-32-30-15-11-10-14-28(30)27-20-21-31-23-29(27)24(3)26-18-16-25(17-19-26)13-9-7-5-2/h10-11,14-15,20-21,23-26H,4-9,12-13,16-19,22H2,1-3H3. The van der Waals surface area contributed by atoms with Crippen LogP contribution in [-0.2, 0) is 0 Å². The van der Waals surface area contributed by atoms with Gasteiger partial charge in [0.25, 0.3) is 0 Å². The Labute approximate surface area is 197 Å². The molecule has 0 amide bonds. The Bertz CT molecular complexity index is 778. The summed E-state index contributed by atoms with van der Waals surface area (Å²) in [5, 5.41) is 0. The number of hydrogen-bond acceptors (Lipinski definition) is 2. The van der Waals surface area contributed by atoms with Gasteiger partial charge in [-0.2, -0.15) is 0 Å². The Morgan fingerprint density at radius 1 is 0.875 bits per heavy atom. The third-order valence-corrected chi connectivity index (χ3v) is 7.59. The molecule has 0 saturated heterocycles. The highest BCUT2D eigenvalue weighted by atomic mass is 16.5. The predicted octanol–water partition coefficient (Wildman–Crippen LogP) is 9.20. The molecule has 1 atom stereocenters. The van der Waals surface area contributed by atoms with Crippen molar-refractivity contribution in [3.05, 3.63) is 48.3 Å². The molecule has 1 aliphatic carbocycles. The molecule has 32 heavy (non-hydrogen) atoms. The molecular formula is C30H45NO. The van der Waals surface area contributed by atoms with Gasteiger partial charge in [-0.1, -0.05) is 96.8 Å². The first-order valence-corrected chi connectivity index (χ1v) is 13.4. The summed E-state index contributed by atoms with van der Waals surface area (Å²) in [7, 11) is 0. The fourth-order valence-corrected chi connectivity index (χ4v) is 5.45. The molecule has 2 heteroatoms. The highest BCUT2D eigenvalue weighted by molar-refractivity contribution is 5.73. The summed E-state index contributed by atoms with van der Waals surface area (Å²) in [5.74, 6) is 3.28. The second-order valence-corrected chi connectivity index (χ2v) is 9.93. The number of nitrogens with zero attached hydrogens (tertiary/aromatic N) is 1. The van der Waals surface area contributed by atoms with Gasteiger partial charge in [-0.15, -0.1) is 0 Å². The molecule has 1 fully saturated rings. The van der Waals surface area contributed by atoms with Crippen molar-refractivity contribution in [2.75, 3.05) is 6.61 Å². The van der Waals surface area contributed by atoms with Crippen molar-refractivity contribution in [1.29, 1.82) is 0 Å². The average Bonchev–Trinajstić information content (AvgIpc) is 2.84. The summed E-state index contributed by atoms with van der Waals surface area (Å²) in [6.07, 6.45) is 20.1. The molecule has 1 aromatic carbocycles. The van der Waals surface area contributed by atoms with Crippen LogP contribution in [0.5, 0.6) is 5.75 Å². The Morgan fingerprint density at radius 2 is 1.62 bits per heavy atom. The summed E-state index contributed by atoms with van der Waals surface area (Å²) in [4.78, 5) is 4.54. The molecule has 1 unspecified atom stereocenters. The maximum atomic E-state index is 6.26. The zero-order valence-electron chi connectivity index (χ0n) is 20.8. The van der Waals surface area contributed by atoms with Gasteiger partial charge < -0.3 is 4.74 Å². The summed E-state index contributed by atoms with van der Waals surface area (Å²) >= 11 is 0. The van der Waals surface area contributed by atoms with Crippen LogP contribution in [0.15, 0.2) is 42.7 Å². The van der Waals surface area contributed by atoms with E-state index in [0.717, 1.165) is 30.6 Å². The lowest BCUT2D eigenvalue weighted by Crippen LogP contribution is -2.19. The Hall–Kier alpha value is -1.83. The van der Waals surface area contributed by atoms with Crippen LogP contribution >= 0.6 is 0 Å². The van der Waals surface area contributed by atoms with E-state index in [2.05, 4.69) is 62.3 Å². The molecule has 0 aliphatic heterocycles. The lowest BCUT2D eigenvalue weighted by atomic mass is 9.72. The van der Waals surface area contributed by atoms with Gasteiger partial charge in [0.2, 0.25) is 0 Å². The minimum absolute atomic E-state index is 0.535. The van der Waals surface area contributed by atoms with E-state index in [9.17, 15) is 0 Å². The maximum absolute atomic E-state index is 6.26. The minimum atomic E-state index is 0.535. The van der Waals surface area contributed by atoms with E-state index < -0.39 is 0 Å². The molecule has 0 spiro atoms. The van der Waals surface area contributed by atoms with Gasteiger partial charge in [-0.25, -0.2) is 0 Å². The quantitative estimate of drug-likeness (QED) is 0.292. The molecule has 2 nitrogen and oxygen atoms in total. The Kier molecular flexibility index (Phi) is 10.6. The largest absolute Gasteiger partial charge is 0.493 e. The average molecular weight is 436 g/mol. The molecule has 0 N–H and O–H groups in total.